The summed E-state index contributed by atoms with van der Waals surface area (Å²) >= 11 is 3.33. The second-order valence-electron chi connectivity index (χ2n) is 4.08. The van der Waals surface area contributed by atoms with Crippen LogP contribution in [0.3, 0.4) is 0 Å². The average molecular weight is 295 g/mol. The molecule has 90 valence electrons. The van der Waals surface area contributed by atoms with Crippen molar-refractivity contribution in [3.63, 3.8) is 0 Å². The monoisotopic (exact) mass is 294 g/mol. The predicted octanol–water partition coefficient (Wildman–Crippen LogP) is 2.86. The van der Waals surface area contributed by atoms with Gasteiger partial charge in [0.25, 0.3) is 5.56 Å². The lowest BCUT2D eigenvalue weighted by Crippen LogP contribution is -2.18. The van der Waals surface area contributed by atoms with Crippen molar-refractivity contribution < 1.29 is 0 Å². The standard InChI is InChI=1S/C13H15BrN2O/c1-3-11-12(14)13(17)16(15-11)8-10-7-5-4-6-9(10)2/h4-7,15H,3,8H2,1-2H3. The zero-order chi connectivity index (χ0) is 12.4. The van der Waals surface area contributed by atoms with E-state index >= 15 is 0 Å². The Morgan fingerprint density at radius 2 is 2.06 bits per heavy atom. The molecule has 17 heavy (non-hydrogen) atoms. The highest BCUT2D eigenvalue weighted by atomic mass is 79.9. The summed E-state index contributed by atoms with van der Waals surface area (Å²) in [6.07, 6.45) is 0.816. The summed E-state index contributed by atoms with van der Waals surface area (Å²) in [6, 6.07) is 8.09. The van der Waals surface area contributed by atoms with E-state index in [1.807, 2.05) is 25.1 Å². The average Bonchev–Trinajstić information content (AvgIpc) is 2.60. The molecule has 1 heterocycles. The molecule has 1 aromatic carbocycles. The topological polar surface area (TPSA) is 37.8 Å². The van der Waals surface area contributed by atoms with Crippen molar-refractivity contribution >= 4 is 15.9 Å². The molecule has 0 radical (unpaired) electrons. The lowest BCUT2D eigenvalue weighted by molar-refractivity contribution is 0.650. The third-order valence-corrected chi connectivity index (χ3v) is 3.73. The van der Waals surface area contributed by atoms with E-state index in [4.69, 9.17) is 0 Å². The fourth-order valence-corrected chi connectivity index (χ4v) is 2.40. The van der Waals surface area contributed by atoms with Gasteiger partial charge < -0.3 is 0 Å². The maximum atomic E-state index is 11.9. The van der Waals surface area contributed by atoms with Crippen LogP contribution in [0.15, 0.2) is 33.5 Å². The number of rotatable bonds is 3. The van der Waals surface area contributed by atoms with E-state index in [-0.39, 0.29) is 5.56 Å². The minimum atomic E-state index is 0.00473. The van der Waals surface area contributed by atoms with Gasteiger partial charge in [-0.15, -0.1) is 0 Å². The summed E-state index contributed by atoms with van der Waals surface area (Å²) in [4.78, 5) is 11.9. The Kier molecular flexibility index (Phi) is 3.52. The first kappa shape index (κ1) is 12.2. The first-order valence-corrected chi connectivity index (χ1v) is 6.44. The molecule has 0 fully saturated rings. The highest BCUT2D eigenvalue weighted by molar-refractivity contribution is 9.10. The smallest absolute Gasteiger partial charge is 0.281 e. The quantitative estimate of drug-likeness (QED) is 0.929. The number of benzene rings is 1. The number of nitrogens with zero attached hydrogens (tertiary/aromatic N) is 1. The molecule has 0 saturated heterocycles. The van der Waals surface area contributed by atoms with Gasteiger partial charge in [0.1, 0.15) is 4.47 Å². The Labute approximate surface area is 109 Å². The van der Waals surface area contributed by atoms with E-state index in [2.05, 4.69) is 34.0 Å². The van der Waals surface area contributed by atoms with Crippen LogP contribution in [0.5, 0.6) is 0 Å². The van der Waals surface area contributed by atoms with Gasteiger partial charge in [0.2, 0.25) is 0 Å². The van der Waals surface area contributed by atoms with Crippen molar-refractivity contribution in [3.05, 3.63) is 55.9 Å². The van der Waals surface area contributed by atoms with Crippen LogP contribution in [-0.4, -0.2) is 9.78 Å². The first-order valence-electron chi connectivity index (χ1n) is 5.65. The molecule has 2 rings (SSSR count). The number of hydrogen-bond donors (Lipinski definition) is 1. The number of H-pyrrole nitrogens is 1. The largest absolute Gasteiger partial charge is 0.298 e. The van der Waals surface area contributed by atoms with Gasteiger partial charge in [0, 0.05) is 0 Å². The molecule has 0 atom stereocenters. The van der Waals surface area contributed by atoms with Crippen molar-refractivity contribution in [3.8, 4) is 0 Å². The number of aromatic nitrogens is 2. The minimum absolute atomic E-state index is 0.00473. The van der Waals surface area contributed by atoms with Crippen LogP contribution in [0, 0.1) is 6.92 Å². The summed E-state index contributed by atoms with van der Waals surface area (Å²) in [5.41, 5.74) is 3.31. The molecule has 0 bridgehead atoms. The molecule has 4 heteroatoms. The fraction of sp³-hybridized carbons (Fsp3) is 0.308. The summed E-state index contributed by atoms with van der Waals surface area (Å²) < 4.78 is 2.29. The molecule has 3 nitrogen and oxygen atoms in total. The third kappa shape index (κ3) is 2.36. The molecule has 0 aliphatic rings. The predicted molar refractivity (Wildman–Crippen MR) is 72.4 cm³/mol. The molecule has 1 N–H and O–H groups in total. The highest BCUT2D eigenvalue weighted by Gasteiger charge is 2.10. The van der Waals surface area contributed by atoms with Gasteiger partial charge >= 0.3 is 0 Å². The Balaban J connectivity index is 2.37. The lowest BCUT2D eigenvalue weighted by Gasteiger charge is -2.05. The van der Waals surface area contributed by atoms with E-state index < -0.39 is 0 Å². The van der Waals surface area contributed by atoms with Gasteiger partial charge in [0.05, 0.1) is 12.2 Å². The second kappa shape index (κ2) is 4.92. The van der Waals surface area contributed by atoms with Gasteiger partial charge in [-0.2, -0.15) is 0 Å². The molecule has 2 aromatic rings. The molecule has 1 aromatic heterocycles. The summed E-state index contributed by atoms with van der Waals surface area (Å²) in [5.74, 6) is 0. The maximum Gasteiger partial charge on any atom is 0.281 e. The van der Waals surface area contributed by atoms with Gasteiger partial charge in [-0.3, -0.25) is 9.89 Å². The number of halogens is 1. The number of aromatic amines is 1. The van der Waals surface area contributed by atoms with Crippen molar-refractivity contribution in [2.75, 3.05) is 0 Å². The van der Waals surface area contributed by atoms with E-state index in [0.717, 1.165) is 17.7 Å². The molecule has 0 amide bonds. The summed E-state index contributed by atoms with van der Waals surface area (Å²) in [7, 11) is 0. The second-order valence-corrected chi connectivity index (χ2v) is 4.87. The van der Waals surface area contributed by atoms with Crippen LogP contribution < -0.4 is 5.56 Å². The normalized spacial score (nSPS) is 10.8. The molecule has 0 unspecified atom stereocenters. The molecular formula is C13H15BrN2O. The van der Waals surface area contributed by atoms with Crippen molar-refractivity contribution in [1.82, 2.24) is 9.78 Å². The van der Waals surface area contributed by atoms with E-state index in [0.29, 0.717) is 11.0 Å². The molecule has 0 aliphatic carbocycles. The summed E-state index contributed by atoms with van der Waals surface area (Å²) in [5, 5.41) is 3.13. The van der Waals surface area contributed by atoms with Crippen LogP contribution >= 0.6 is 15.9 Å². The van der Waals surface area contributed by atoms with Gasteiger partial charge in [-0.25, -0.2) is 4.68 Å². The zero-order valence-corrected chi connectivity index (χ0v) is 11.5. The number of hydrogen-bond acceptors (Lipinski definition) is 1. The van der Waals surface area contributed by atoms with Crippen LogP contribution in [0.2, 0.25) is 0 Å². The van der Waals surface area contributed by atoms with Crippen LogP contribution in [0.25, 0.3) is 0 Å². The Hall–Kier alpha value is -1.29. The van der Waals surface area contributed by atoms with Crippen LogP contribution in [0.4, 0.5) is 0 Å². The van der Waals surface area contributed by atoms with Crippen LogP contribution in [0.1, 0.15) is 23.7 Å². The SMILES string of the molecule is CCc1[nH]n(Cc2ccccc2C)c(=O)c1Br. The molecule has 0 aliphatic heterocycles. The van der Waals surface area contributed by atoms with E-state index in [9.17, 15) is 4.79 Å². The first-order chi connectivity index (χ1) is 8.13. The van der Waals surface area contributed by atoms with E-state index in [1.165, 1.54) is 5.56 Å². The summed E-state index contributed by atoms with van der Waals surface area (Å²) in [6.45, 7) is 4.66. The van der Waals surface area contributed by atoms with Crippen LogP contribution in [-0.2, 0) is 13.0 Å². The fourth-order valence-electron chi connectivity index (χ4n) is 1.81. The molecule has 0 saturated carbocycles. The lowest BCUT2D eigenvalue weighted by atomic mass is 10.1. The highest BCUT2D eigenvalue weighted by Crippen LogP contribution is 2.12. The van der Waals surface area contributed by atoms with Crippen molar-refractivity contribution in [2.45, 2.75) is 26.8 Å². The Morgan fingerprint density at radius 1 is 1.35 bits per heavy atom. The van der Waals surface area contributed by atoms with Crippen molar-refractivity contribution in [2.24, 2.45) is 0 Å². The number of nitrogens with one attached hydrogen (secondary N) is 1. The van der Waals surface area contributed by atoms with Gasteiger partial charge in [-0.05, 0) is 40.4 Å². The van der Waals surface area contributed by atoms with Crippen molar-refractivity contribution in [1.29, 1.82) is 0 Å². The molecule has 0 spiro atoms. The third-order valence-electron chi connectivity index (χ3n) is 2.91. The van der Waals surface area contributed by atoms with Gasteiger partial charge in [0.15, 0.2) is 0 Å². The minimum Gasteiger partial charge on any atom is -0.298 e. The number of aryl methyl sites for hydroxylation is 2. The maximum absolute atomic E-state index is 11.9. The zero-order valence-electron chi connectivity index (χ0n) is 9.96. The van der Waals surface area contributed by atoms with E-state index in [1.54, 1.807) is 4.68 Å². The Bertz CT molecular complexity index is 583. The Morgan fingerprint density at radius 3 is 2.65 bits per heavy atom. The van der Waals surface area contributed by atoms with Gasteiger partial charge in [-0.1, -0.05) is 31.2 Å². The molecular weight excluding hydrogens is 280 g/mol.